The molecule has 0 saturated carbocycles. The predicted octanol–water partition coefficient (Wildman–Crippen LogP) is 5.21. The maximum atomic E-state index is 13.1. The summed E-state index contributed by atoms with van der Waals surface area (Å²) in [6.07, 6.45) is 6.56. The van der Waals surface area contributed by atoms with Crippen LogP contribution in [0.5, 0.6) is 0 Å². The van der Waals surface area contributed by atoms with Gasteiger partial charge in [0.25, 0.3) is 11.8 Å². The summed E-state index contributed by atoms with van der Waals surface area (Å²) >= 11 is 0. The Bertz CT molecular complexity index is 1670. The number of carbonyl (C=O) groups excluding carboxylic acids is 2. The van der Waals surface area contributed by atoms with Gasteiger partial charge in [-0.3, -0.25) is 14.9 Å². The summed E-state index contributed by atoms with van der Waals surface area (Å²) in [5.41, 5.74) is 5.22. The van der Waals surface area contributed by atoms with Crippen molar-refractivity contribution in [1.29, 1.82) is 0 Å². The number of allylic oxidation sites excluding steroid dienone is 2. The van der Waals surface area contributed by atoms with Crippen LogP contribution in [0.2, 0.25) is 0 Å². The van der Waals surface area contributed by atoms with Crippen LogP contribution < -0.4 is 5.32 Å². The zero-order chi connectivity index (χ0) is 20.9. The van der Waals surface area contributed by atoms with E-state index in [1.807, 2.05) is 30.3 Å². The first-order valence-electron chi connectivity index (χ1n) is 10.6. The molecule has 2 aliphatic rings. The standard InChI is InChI=1S/C26H19N3O2/c1-28-17-12-6-4-10-15(17)19-21-22(26(31)27-25(21)30)20-16-11-5-7-13-18(16)29(24(20)23(19)28)14-8-2-3-9-14/h2,4-8,10-14H,3,9H2,1H3,(H,27,30,31). The lowest BCUT2D eigenvalue weighted by Crippen LogP contribution is -2.20. The smallest absolute Gasteiger partial charge is 0.259 e. The van der Waals surface area contributed by atoms with E-state index in [4.69, 9.17) is 0 Å². The number of amides is 2. The highest BCUT2D eigenvalue weighted by Crippen LogP contribution is 2.46. The fourth-order valence-corrected chi connectivity index (χ4v) is 5.78. The number of fused-ring (bicyclic) bond motifs is 10. The van der Waals surface area contributed by atoms with Crippen LogP contribution in [0.3, 0.4) is 0 Å². The molecule has 1 atom stereocenters. The molecule has 3 aromatic carbocycles. The Morgan fingerprint density at radius 1 is 0.839 bits per heavy atom. The van der Waals surface area contributed by atoms with Crippen LogP contribution in [0.1, 0.15) is 39.6 Å². The Hall–Kier alpha value is -3.86. The zero-order valence-electron chi connectivity index (χ0n) is 17.0. The second-order valence-electron chi connectivity index (χ2n) is 8.52. The van der Waals surface area contributed by atoms with Crippen molar-refractivity contribution >= 4 is 55.4 Å². The van der Waals surface area contributed by atoms with Crippen molar-refractivity contribution in [1.82, 2.24) is 14.5 Å². The van der Waals surface area contributed by atoms with Crippen molar-refractivity contribution in [2.24, 2.45) is 7.05 Å². The molecule has 5 heteroatoms. The molecule has 1 aliphatic heterocycles. The average molecular weight is 405 g/mol. The van der Waals surface area contributed by atoms with Crippen molar-refractivity contribution in [3.8, 4) is 0 Å². The number of aromatic nitrogens is 2. The molecule has 0 fully saturated rings. The largest absolute Gasteiger partial charge is 0.342 e. The Morgan fingerprint density at radius 3 is 2.13 bits per heavy atom. The van der Waals surface area contributed by atoms with Crippen molar-refractivity contribution in [3.05, 3.63) is 71.8 Å². The quantitative estimate of drug-likeness (QED) is 0.307. The second kappa shape index (κ2) is 5.64. The molecule has 150 valence electrons. The molecule has 2 amide bonds. The van der Waals surface area contributed by atoms with Crippen molar-refractivity contribution in [3.63, 3.8) is 0 Å². The number of nitrogens with one attached hydrogen (secondary N) is 1. The molecular weight excluding hydrogens is 386 g/mol. The highest BCUT2D eigenvalue weighted by atomic mass is 16.2. The Morgan fingerprint density at radius 2 is 1.45 bits per heavy atom. The van der Waals surface area contributed by atoms with E-state index < -0.39 is 0 Å². The molecule has 3 heterocycles. The molecule has 0 spiro atoms. The van der Waals surface area contributed by atoms with Gasteiger partial charge in [-0.1, -0.05) is 48.6 Å². The molecule has 5 aromatic rings. The van der Waals surface area contributed by atoms with Gasteiger partial charge in [0.2, 0.25) is 0 Å². The first-order valence-corrected chi connectivity index (χ1v) is 10.6. The molecule has 0 bridgehead atoms. The van der Waals surface area contributed by atoms with E-state index in [-0.39, 0.29) is 17.9 Å². The number of nitrogens with zero attached hydrogens (tertiary/aromatic N) is 2. The summed E-state index contributed by atoms with van der Waals surface area (Å²) in [6.45, 7) is 0. The number of rotatable bonds is 1. The number of para-hydroxylation sites is 2. The normalized spacial score (nSPS) is 18.2. The second-order valence-corrected chi connectivity index (χ2v) is 8.52. The first kappa shape index (κ1) is 16.9. The SMILES string of the molecule is Cn1c2ccccc2c2c3c(c4c5ccccc5n(C5C=CCC5)c4c21)C(=O)NC3=O. The summed E-state index contributed by atoms with van der Waals surface area (Å²) in [5, 5.41) is 6.35. The van der Waals surface area contributed by atoms with Crippen LogP contribution in [0.15, 0.2) is 60.7 Å². The third kappa shape index (κ3) is 1.92. The van der Waals surface area contributed by atoms with Gasteiger partial charge in [0.1, 0.15) is 0 Å². The molecule has 2 aromatic heterocycles. The van der Waals surface area contributed by atoms with Crippen molar-refractivity contribution in [2.75, 3.05) is 0 Å². The highest BCUT2D eigenvalue weighted by Gasteiger charge is 2.36. The van der Waals surface area contributed by atoms with Gasteiger partial charge in [0, 0.05) is 39.6 Å². The lowest BCUT2D eigenvalue weighted by molar-refractivity contribution is 0.0880. The Kier molecular flexibility index (Phi) is 3.07. The Balaban J connectivity index is 1.88. The molecule has 0 radical (unpaired) electrons. The third-order valence-electron chi connectivity index (χ3n) is 6.99. The minimum atomic E-state index is -0.305. The van der Waals surface area contributed by atoms with E-state index in [0.717, 1.165) is 56.5 Å². The van der Waals surface area contributed by atoms with E-state index in [2.05, 4.69) is 51.8 Å². The summed E-state index contributed by atoms with van der Waals surface area (Å²) in [7, 11) is 2.05. The first-order chi connectivity index (χ1) is 15.2. The van der Waals surface area contributed by atoms with Gasteiger partial charge in [0.15, 0.2) is 0 Å². The lowest BCUT2D eigenvalue weighted by Gasteiger charge is -2.16. The number of hydrogen-bond acceptors (Lipinski definition) is 2. The van der Waals surface area contributed by atoms with Gasteiger partial charge < -0.3 is 9.13 Å². The topological polar surface area (TPSA) is 56.0 Å². The van der Waals surface area contributed by atoms with Crippen LogP contribution in [0.25, 0.3) is 43.6 Å². The molecule has 1 aliphatic carbocycles. The summed E-state index contributed by atoms with van der Waals surface area (Å²) in [6, 6.07) is 16.6. The molecule has 1 unspecified atom stereocenters. The molecule has 5 nitrogen and oxygen atoms in total. The van der Waals surface area contributed by atoms with E-state index in [0.29, 0.717) is 11.1 Å². The van der Waals surface area contributed by atoms with Gasteiger partial charge >= 0.3 is 0 Å². The van der Waals surface area contributed by atoms with Crippen molar-refractivity contribution < 1.29 is 9.59 Å². The fourth-order valence-electron chi connectivity index (χ4n) is 5.78. The number of carbonyl (C=O) groups is 2. The maximum absolute atomic E-state index is 13.1. The monoisotopic (exact) mass is 405 g/mol. The van der Waals surface area contributed by atoms with E-state index in [1.165, 1.54) is 0 Å². The van der Waals surface area contributed by atoms with E-state index in [9.17, 15) is 9.59 Å². The van der Waals surface area contributed by atoms with Crippen LogP contribution in [-0.4, -0.2) is 20.9 Å². The number of imide groups is 1. The highest BCUT2D eigenvalue weighted by molar-refractivity contribution is 6.39. The Labute approximate surface area is 177 Å². The molecule has 7 rings (SSSR count). The fraction of sp³-hybridized carbons (Fsp3) is 0.154. The molecular formula is C26H19N3O2. The van der Waals surface area contributed by atoms with Gasteiger partial charge in [-0.05, 0) is 25.0 Å². The van der Waals surface area contributed by atoms with Gasteiger partial charge in [-0.25, -0.2) is 0 Å². The van der Waals surface area contributed by atoms with E-state index >= 15 is 0 Å². The third-order valence-corrected chi connectivity index (χ3v) is 6.99. The predicted molar refractivity (Wildman–Crippen MR) is 123 cm³/mol. The van der Waals surface area contributed by atoms with Crippen LogP contribution in [-0.2, 0) is 7.05 Å². The van der Waals surface area contributed by atoms with Gasteiger partial charge in [0.05, 0.1) is 28.2 Å². The summed E-state index contributed by atoms with van der Waals surface area (Å²) < 4.78 is 4.56. The molecule has 1 N–H and O–H groups in total. The number of benzene rings is 3. The van der Waals surface area contributed by atoms with Crippen molar-refractivity contribution in [2.45, 2.75) is 18.9 Å². The lowest BCUT2D eigenvalue weighted by atomic mass is 9.96. The van der Waals surface area contributed by atoms with Crippen LogP contribution in [0, 0.1) is 0 Å². The van der Waals surface area contributed by atoms with Crippen LogP contribution in [0.4, 0.5) is 0 Å². The minimum Gasteiger partial charge on any atom is -0.342 e. The maximum Gasteiger partial charge on any atom is 0.259 e. The number of aryl methyl sites for hydroxylation is 1. The minimum absolute atomic E-state index is 0.224. The summed E-state index contributed by atoms with van der Waals surface area (Å²) in [4.78, 5) is 26.1. The van der Waals surface area contributed by atoms with Gasteiger partial charge in [-0.15, -0.1) is 0 Å². The molecule has 0 saturated heterocycles. The van der Waals surface area contributed by atoms with E-state index in [1.54, 1.807) is 0 Å². The van der Waals surface area contributed by atoms with Crippen LogP contribution >= 0.6 is 0 Å². The summed E-state index contributed by atoms with van der Waals surface area (Å²) in [5.74, 6) is -0.606. The zero-order valence-corrected chi connectivity index (χ0v) is 17.0. The van der Waals surface area contributed by atoms with Gasteiger partial charge in [-0.2, -0.15) is 0 Å². The number of hydrogen-bond donors (Lipinski definition) is 1. The molecule has 31 heavy (non-hydrogen) atoms. The average Bonchev–Trinajstić information content (AvgIpc) is 3.53.